The van der Waals surface area contributed by atoms with Crippen LogP contribution in [0.4, 0.5) is 14.5 Å². The first-order valence-electron chi connectivity index (χ1n) is 8.08. The van der Waals surface area contributed by atoms with Gasteiger partial charge < -0.3 is 5.32 Å². The van der Waals surface area contributed by atoms with Crippen LogP contribution in [0.3, 0.4) is 0 Å². The van der Waals surface area contributed by atoms with E-state index in [1.165, 1.54) is 42.5 Å². The molecule has 2 rings (SSSR count). The second-order valence-electron chi connectivity index (χ2n) is 6.83. The van der Waals surface area contributed by atoms with E-state index in [0.29, 0.717) is 0 Å². The van der Waals surface area contributed by atoms with Gasteiger partial charge in [0.05, 0.1) is 20.5 Å². The Bertz CT molecular complexity index is 960. The molecule has 0 radical (unpaired) electrons. The highest BCUT2D eigenvalue weighted by Crippen LogP contribution is 2.37. The lowest BCUT2D eigenvalue weighted by Gasteiger charge is -2.20. The largest absolute Gasteiger partial charge is 0.321 e. The zero-order valence-corrected chi connectivity index (χ0v) is 17.7. The summed E-state index contributed by atoms with van der Waals surface area (Å²) in [6.07, 6.45) is 0. The van der Waals surface area contributed by atoms with Gasteiger partial charge in [0.25, 0.3) is 11.7 Å². The molecule has 28 heavy (non-hydrogen) atoms. The number of amides is 1. The van der Waals surface area contributed by atoms with Crippen molar-refractivity contribution in [3.05, 3.63) is 53.1 Å². The summed E-state index contributed by atoms with van der Waals surface area (Å²) in [7, 11) is -3.73. The van der Waals surface area contributed by atoms with E-state index >= 15 is 0 Å². The van der Waals surface area contributed by atoms with E-state index in [2.05, 4.69) is 10.0 Å². The van der Waals surface area contributed by atoms with E-state index in [0.717, 1.165) is 0 Å². The fourth-order valence-electron chi connectivity index (χ4n) is 2.26. The molecule has 0 unspecified atom stereocenters. The number of alkyl halides is 2. The first-order valence-corrected chi connectivity index (χ1v) is 10.8. The number of hydrogen-bond donors (Lipinski definition) is 2. The summed E-state index contributed by atoms with van der Waals surface area (Å²) in [5.74, 6) is -3.28. The summed E-state index contributed by atoms with van der Waals surface area (Å²) < 4.78 is 52.6. The van der Waals surface area contributed by atoms with E-state index in [1.54, 1.807) is 20.8 Å². The van der Waals surface area contributed by atoms with Gasteiger partial charge in [0.2, 0.25) is 10.0 Å². The molecular formula is C18H19ClF2N2O3S2. The van der Waals surface area contributed by atoms with Gasteiger partial charge >= 0.3 is 0 Å². The van der Waals surface area contributed by atoms with Crippen LogP contribution in [-0.2, 0) is 10.0 Å². The molecule has 0 aromatic heterocycles. The molecule has 0 bridgehead atoms. The molecule has 2 aromatic carbocycles. The number of hydrogen-bond acceptors (Lipinski definition) is 4. The third-order valence-electron chi connectivity index (χ3n) is 3.29. The highest BCUT2D eigenvalue weighted by Gasteiger charge is 2.22. The van der Waals surface area contributed by atoms with Crippen LogP contribution >= 0.6 is 23.4 Å². The smallest absolute Gasteiger partial charge is 0.289 e. The summed E-state index contributed by atoms with van der Waals surface area (Å²) in [6.45, 7) is 5.14. The summed E-state index contributed by atoms with van der Waals surface area (Å²) in [5, 5.41) is 2.62. The molecule has 1 amide bonds. The molecule has 2 aromatic rings. The quantitative estimate of drug-likeness (QED) is 0.611. The van der Waals surface area contributed by atoms with Crippen molar-refractivity contribution in [3.63, 3.8) is 0 Å². The standard InChI is InChI=1S/C18H19ClF2N2O3S2/c1-18(2,3)23-28(25,26)12-9-7-11(8-10-12)16(24)22-14-6-4-5-13(19)15(14)27-17(20)21/h4-10,17,23H,1-3H3,(H,22,24). The molecular weight excluding hydrogens is 430 g/mol. The molecule has 152 valence electrons. The van der Waals surface area contributed by atoms with Crippen molar-refractivity contribution in [2.24, 2.45) is 0 Å². The minimum atomic E-state index is -3.73. The molecule has 0 saturated heterocycles. The predicted molar refractivity (Wildman–Crippen MR) is 108 cm³/mol. The lowest BCUT2D eigenvalue weighted by Crippen LogP contribution is -2.40. The van der Waals surface area contributed by atoms with Crippen molar-refractivity contribution in [3.8, 4) is 0 Å². The monoisotopic (exact) mass is 448 g/mol. The molecule has 10 heteroatoms. The maximum absolute atomic E-state index is 12.7. The summed E-state index contributed by atoms with van der Waals surface area (Å²) in [6, 6.07) is 9.73. The Hall–Kier alpha value is -1.68. The van der Waals surface area contributed by atoms with Crippen LogP contribution in [0.5, 0.6) is 0 Å². The molecule has 0 aliphatic rings. The number of thioether (sulfide) groups is 1. The Morgan fingerprint density at radius 1 is 1.11 bits per heavy atom. The third-order valence-corrected chi connectivity index (χ3v) is 6.34. The fourth-order valence-corrected chi connectivity index (χ4v) is 4.59. The third kappa shape index (κ3) is 6.16. The topological polar surface area (TPSA) is 75.3 Å². The minimum Gasteiger partial charge on any atom is -0.321 e. The van der Waals surface area contributed by atoms with Crippen LogP contribution in [0, 0.1) is 0 Å². The number of benzene rings is 2. The van der Waals surface area contributed by atoms with E-state index in [1.807, 2.05) is 0 Å². The Labute approximate surface area is 171 Å². The van der Waals surface area contributed by atoms with Crippen LogP contribution in [0.15, 0.2) is 52.3 Å². The fraction of sp³-hybridized carbons (Fsp3) is 0.278. The summed E-state index contributed by atoms with van der Waals surface area (Å²) in [4.78, 5) is 12.5. The number of anilines is 1. The molecule has 0 spiro atoms. The average molecular weight is 449 g/mol. The average Bonchev–Trinajstić information content (AvgIpc) is 2.55. The van der Waals surface area contributed by atoms with Crippen LogP contribution in [0.2, 0.25) is 5.02 Å². The van der Waals surface area contributed by atoms with Gasteiger partial charge in [0.1, 0.15) is 0 Å². The van der Waals surface area contributed by atoms with E-state index in [9.17, 15) is 22.0 Å². The van der Waals surface area contributed by atoms with Crippen LogP contribution in [-0.4, -0.2) is 25.6 Å². The second-order valence-corrected chi connectivity index (χ2v) is 9.92. The first-order chi connectivity index (χ1) is 12.9. The Morgan fingerprint density at radius 2 is 1.71 bits per heavy atom. The van der Waals surface area contributed by atoms with Crippen molar-refractivity contribution in [2.75, 3.05) is 5.32 Å². The van der Waals surface area contributed by atoms with Crippen molar-refractivity contribution in [1.29, 1.82) is 0 Å². The number of carbonyl (C=O) groups is 1. The number of halogens is 3. The van der Waals surface area contributed by atoms with Crippen LogP contribution in [0.1, 0.15) is 31.1 Å². The number of carbonyl (C=O) groups excluding carboxylic acids is 1. The van der Waals surface area contributed by atoms with Gasteiger partial charge in [0, 0.05) is 11.1 Å². The molecule has 0 aliphatic heterocycles. The molecule has 0 heterocycles. The molecule has 0 fully saturated rings. The summed E-state index contributed by atoms with van der Waals surface area (Å²) >= 11 is 6.18. The van der Waals surface area contributed by atoms with Crippen molar-refractivity contribution < 1.29 is 22.0 Å². The van der Waals surface area contributed by atoms with Gasteiger partial charge in [-0.3, -0.25) is 4.79 Å². The van der Waals surface area contributed by atoms with E-state index in [-0.39, 0.29) is 37.8 Å². The van der Waals surface area contributed by atoms with Crippen LogP contribution in [0.25, 0.3) is 0 Å². The van der Waals surface area contributed by atoms with Gasteiger partial charge in [-0.05, 0) is 57.2 Å². The zero-order chi connectivity index (χ0) is 21.1. The Balaban J connectivity index is 2.22. The van der Waals surface area contributed by atoms with Gasteiger partial charge in [0.15, 0.2) is 0 Å². The maximum atomic E-state index is 12.7. The van der Waals surface area contributed by atoms with Crippen molar-refractivity contribution in [1.82, 2.24) is 4.72 Å². The molecule has 2 N–H and O–H groups in total. The minimum absolute atomic E-state index is 0.00988. The first kappa shape index (κ1) is 22.6. The Kier molecular flexibility index (Phi) is 7.08. The molecule has 0 atom stereocenters. The van der Waals surface area contributed by atoms with E-state index in [4.69, 9.17) is 11.6 Å². The van der Waals surface area contributed by atoms with Crippen LogP contribution < -0.4 is 10.0 Å². The molecule has 5 nitrogen and oxygen atoms in total. The molecule has 0 aliphatic carbocycles. The molecule has 0 saturated carbocycles. The van der Waals surface area contributed by atoms with Gasteiger partial charge in [-0.25, -0.2) is 13.1 Å². The number of nitrogens with one attached hydrogen (secondary N) is 2. The lowest BCUT2D eigenvalue weighted by molar-refractivity contribution is 0.102. The number of rotatable bonds is 6. The second kappa shape index (κ2) is 8.77. The zero-order valence-electron chi connectivity index (χ0n) is 15.3. The van der Waals surface area contributed by atoms with Gasteiger partial charge in [-0.15, -0.1) is 0 Å². The summed E-state index contributed by atoms with van der Waals surface area (Å²) in [5.41, 5.74) is -0.336. The highest BCUT2D eigenvalue weighted by molar-refractivity contribution is 7.99. The number of sulfonamides is 1. The normalized spacial score (nSPS) is 12.2. The highest BCUT2D eigenvalue weighted by atomic mass is 35.5. The predicted octanol–water partition coefficient (Wildman–Crippen LogP) is 4.98. The Morgan fingerprint density at radius 3 is 2.25 bits per heavy atom. The van der Waals surface area contributed by atoms with Gasteiger partial charge in [-0.2, -0.15) is 8.78 Å². The van der Waals surface area contributed by atoms with Crippen molar-refractivity contribution >= 4 is 45.0 Å². The van der Waals surface area contributed by atoms with Crippen molar-refractivity contribution in [2.45, 2.75) is 41.9 Å². The van der Waals surface area contributed by atoms with Gasteiger partial charge in [-0.1, -0.05) is 29.4 Å². The lowest BCUT2D eigenvalue weighted by atomic mass is 10.1. The van der Waals surface area contributed by atoms with E-state index < -0.39 is 27.2 Å². The maximum Gasteiger partial charge on any atom is 0.289 e. The SMILES string of the molecule is CC(C)(C)NS(=O)(=O)c1ccc(C(=O)Nc2cccc(Cl)c2SC(F)F)cc1.